The predicted octanol–water partition coefficient (Wildman–Crippen LogP) is 5.16. The van der Waals surface area contributed by atoms with Gasteiger partial charge < -0.3 is 9.67 Å². The van der Waals surface area contributed by atoms with E-state index in [1.54, 1.807) is 9.13 Å². The van der Waals surface area contributed by atoms with Crippen LogP contribution in [0.25, 0.3) is 22.1 Å². The van der Waals surface area contributed by atoms with E-state index in [4.69, 9.17) is 0 Å². The van der Waals surface area contributed by atoms with Crippen LogP contribution in [0.4, 0.5) is 11.6 Å². The predicted molar refractivity (Wildman–Crippen MR) is 149 cm³/mol. The Labute approximate surface area is 222 Å². The van der Waals surface area contributed by atoms with E-state index >= 15 is 0 Å². The van der Waals surface area contributed by atoms with Gasteiger partial charge in [0.2, 0.25) is 5.88 Å². The molecule has 0 aliphatic carbocycles. The first kappa shape index (κ1) is 24.1. The van der Waals surface area contributed by atoms with Gasteiger partial charge in [-0.1, -0.05) is 78.9 Å². The summed E-state index contributed by atoms with van der Waals surface area (Å²) in [6.45, 7) is 2.37. The summed E-state index contributed by atoms with van der Waals surface area (Å²) in [6, 6.07) is 26.6. The first-order valence-corrected chi connectivity index (χ1v) is 12.5. The van der Waals surface area contributed by atoms with Gasteiger partial charge >= 0.3 is 5.69 Å². The molecule has 0 spiro atoms. The molecule has 39 heavy (non-hydrogen) atoms. The number of nitrogens with zero attached hydrogens (tertiary/aromatic N) is 6. The molecule has 1 unspecified atom stereocenters. The number of hydrogen-bond acceptors (Lipinski definition) is 6. The van der Waals surface area contributed by atoms with Crippen LogP contribution >= 0.6 is 0 Å². The molecule has 194 valence electrons. The molecule has 2 N–H and O–H groups in total. The van der Waals surface area contributed by atoms with Gasteiger partial charge in [-0.2, -0.15) is 4.98 Å². The molecule has 3 aromatic heterocycles. The number of hydrogen-bond donors (Lipinski definition) is 2. The number of benzene rings is 3. The van der Waals surface area contributed by atoms with Crippen molar-refractivity contribution in [3.8, 4) is 5.88 Å². The van der Waals surface area contributed by atoms with Gasteiger partial charge in [0.05, 0.1) is 18.1 Å². The molecule has 0 saturated heterocycles. The molecule has 0 aliphatic heterocycles. The summed E-state index contributed by atoms with van der Waals surface area (Å²) in [5.74, 6) is 0.0974. The summed E-state index contributed by atoms with van der Waals surface area (Å²) >= 11 is 0. The van der Waals surface area contributed by atoms with Crippen molar-refractivity contribution in [3.05, 3.63) is 117 Å². The fourth-order valence-corrected chi connectivity index (χ4v) is 4.90. The first-order valence-electron chi connectivity index (χ1n) is 12.5. The number of imidazole rings is 1. The third-order valence-corrected chi connectivity index (χ3v) is 6.94. The maximum absolute atomic E-state index is 13.0. The monoisotopic (exact) mass is 519 g/mol. The fraction of sp³-hybridized carbons (Fsp3) is 0.138. The van der Waals surface area contributed by atoms with Crippen LogP contribution in [0.1, 0.15) is 24.1 Å². The van der Waals surface area contributed by atoms with E-state index in [2.05, 4.69) is 20.2 Å². The summed E-state index contributed by atoms with van der Waals surface area (Å²) in [4.78, 5) is 32.1. The number of nitrogens with one attached hydrogen (secondary N) is 1. The van der Waals surface area contributed by atoms with Crippen LogP contribution in [-0.2, 0) is 13.6 Å². The lowest BCUT2D eigenvalue weighted by atomic mass is 10.1. The Balaban J connectivity index is 1.53. The van der Waals surface area contributed by atoms with Crippen molar-refractivity contribution in [2.24, 2.45) is 17.3 Å². The number of rotatable bonds is 6. The van der Waals surface area contributed by atoms with Crippen molar-refractivity contribution >= 4 is 33.7 Å². The lowest BCUT2D eigenvalue weighted by Crippen LogP contribution is -2.29. The third-order valence-electron chi connectivity index (χ3n) is 6.94. The smallest absolute Gasteiger partial charge is 0.329 e. The Morgan fingerprint density at radius 1 is 0.923 bits per heavy atom. The Kier molecular flexibility index (Phi) is 5.91. The molecule has 3 heterocycles. The Morgan fingerprint density at radius 3 is 2.33 bits per heavy atom. The van der Waals surface area contributed by atoms with E-state index in [0.29, 0.717) is 6.54 Å². The molecule has 0 saturated carbocycles. The standard InChI is InChI=1S/C29H25N7O3/c1-18(20-13-7-4-8-14-20)36-24-25(34(2)29(39)31-26(24)37)30-28(36)33-32-23-21-15-9-10-16-22(21)35(27(23)38)17-19-11-5-3-6-12-19/h3-16,18,38H,17H2,1-2H3,(H,31,37,39). The van der Waals surface area contributed by atoms with Crippen molar-refractivity contribution in [3.63, 3.8) is 0 Å². The molecule has 3 aromatic carbocycles. The fourth-order valence-electron chi connectivity index (χ4n) is 4.90. The highest BCUT2D eigenvalue weighted by Crippen LogP contribution is 2.40. The van der Waals surface area contributed by atoms with Gasteiger partial charge in [-0.15, -0.1) is 10.2 Å². The summed E-state index contributed by atoms with van der Waals surface area (Å²) in [6.07, 6.45) is 0. The number of aromatic nitrogens is 5. The van der Waals surface area contributed by atoms with Gasteiger partial charge in [0, 0.05) is 12.4 Å². The van der Waals surface area contributed by atoms with Crippen LogP contribution in [0.5, 0.6) is 5.88 Å². The maximum atomic E-state index is 13.0. The highest BCUT2D eigenvalue weighted by molar-refractivity contribution is 5.95. The molecular formula is C29H25N7O3. The second kappa shape index (κ2) is 9.56. The number of aryl methyl sites for hydroxylation is 1. The van der Waals surface area contributed by atoms with Crippen LogP contribution in [0.3, 0.4) is 0 Å². The van der Waals surface area contributed by atoms with Gasteiger partial charge in [0.25, 0.3) is 11.5 Å². The summed E-state index contributed by atoms with van der Waals surface area (Å²) < 4.78 is 4.71. The van der Waals surface area contributed by atoms with Crippen LogP contribution in [0, 0.1) is 0 Å². The third kappa shape index (κ3) is 4.11. The summed E-state index contributed by atoms with van der Waals surface area (Å²) in [5, 5.41) is 20.9. The first-order chi connectivity index (χ1) is 18.9. The summed E-state index contributed by atoms with van der Waals surface area (Å²) in [5.41, 5.74) is 2.30. The second-order valence-electron chi connectivity index (χ2n) is 9.32. The number of azo groups is 1. The number of aromatic amines is 1. The van der Waals surface area contributed by atoms with E-state index in [1.165, 1.54) is 11.6 Å². The van der Waals surface area contributed by atoms with Crippen molar-refractivity contribution < 1.29 is 5.11 Å². The van der Waals surface area contributed by atoms with E-state index in [1.807, 2.05) is 91.9 Å². The number of fused-ring (bicyclic) bond motifs is 2. The second-order valence-corrected chi connectivity index (χ2v) is 9.32. The van der Waals surface area contributed by atoms with Gasteiger partial charge in [0.15, 0.2) is 16.9 Å². The molecule has 6 rings (SSSR count). The molecule has 0 amide bonds. The number of aromatic hydroxyl groups is 1. The Hall–Kier alpha value is -5.25. The maximum Gasteiger partial charge on any atom is 0.329 e. The number of H-pyrrole nitrogens is 1. The normalized spacial score (nSPS) is 12.6. The van der Waals surface area contributed by atoms with Crippen molar-refractivity contribution in [1.29, 1.82) is 0 Å². The molecule has 1 atom stereocenters. The zero-order chi connectivity index (χ0) is 27.1. The SMILES string of the molecule is CC(c1ccccc1)n1c(N=Nc2c(O)n(Cc3ccccc3)c3ccccc23)nc2c1c(=O)[nH]c(=O)n2C. The molecule has 0 fully saturated rings. The van der Waals surface area contributed by atoms with Gasteiger partial charge in [0.1, 0.15) is 0 Å². The van der Waals surface area contributed by atoms with Crippen LogP contribution < -0.4 is 11.2 Å². The Morgan fingerprint density at radius 2 is 1.59 bits per heavy atom. The highest BCUT2D eigenvalue weighted by atomic mass is 16.3. The van der Waals surface area contributed by atoms with Crippen molar-refractivity contribution in [1.82, 2.24) is 23.7 Å². The molecule has 6 aromatic rings. The molecule has 0 radical (unpaired) electrons. The molecule has 0 bridgehead atoms. The zero-order valence-electron chi connectivity index (χ0n) is 21.3. The Bertz CT molecular complexity index is 1970. The van der Waals surface area contributed by atoms with Crippen LogP contribution in [0.2, 0.25) is 0 Å². The molecule has 0 aliphatic rings. The largest absolute Gasteiger partial charge is 0.493 e. The van der Waals surface area contributed by atoms with E-state index < -0.39 is 11.2 Å². The molecular weight excluding hydrogens is 494 g/mol. The van der Waals surface area contributed by atoms with E-state index in [9.17, 15) is 14.7 Å². The van der Waals surface area contributed by atoms with Gasteiger partial charge in [-0.3, -0.25) is 18.9 Å². The number of para-hydroxylation sites is 1. The highest BCUT2D eigenvalue weighted by Gasteiger charge is 2.23. The van der Waals surface area contributed by atoms with E-state index in [0.717, 1.165) is 22.0 Å². The van der Waals surface area contributed by atoms with Crippen LogP contribution in [0.15, 0.2) is 105 Å². The minimum atomic E-state index is -0.574. The van der Waals surface area contributed by atoms with Crippen molar-refractivity contribution in [2.75, 3.05) is 0 Å². The molecule has 10 heteroatoms. The molecule has 10 nitrogen and oxygen atoms in total. The minimum Gasteiger partial charge on any atom is -0.493 e. The lowest BCUT2D eigenvalue weighted by Gasteiger charge is -2.15. The van der Waals surface area contributed by atoms with Crippen molar-refractivity contribution in [2.45, 2.75) is 19.5 Å². The van der Waals surface area contributed by atoms with Crippen LogP contribution in [-0.4, -0.2) is 28.8 Å². The quantitative estimate of drug-likeness (QED) is 0.295. The lowest BCUT2D eigenvalue weighted by molar-refractivity contribution is 0.429. The zero-order valence-corrected chi connectivity index (χ0v) is 21.3. The van der Waals surface area contributed by atoms with Gasteiger partial charge in [-0.25, -0.2) is 4.79 Å². The average molecular weight is 520 g/mol. The summed E-state index contributed by atoms with van der Waals surface area (Å²) in [7, 11) is 1.54. The minimum absolute atomic E-state index is 0.0344. The van der Waals surface area contributed by atoms with E-state index in [-0.39, 0.29) is 34.7 Å². The average Bonchev–Trinajstić information content (AvgIpc) is 3.47. The topological polar surface area (TPSA) is 123 Å². The van der Waals surface area contributed by atoms with Gasteiger partial charge in [-0.05, 0) is 24.1 Å².